The number of amides is 2. The van der Waals surface area contributed by atoms with Crippen LogP contribution in [0.25, 0.3) is 5.82 Å². The second-order valence-corrected chi connectivity index (χ2v) is 9.32. The van der Waals surface area contributed by atoms with Gasteiger partial charge in [0.05, 0.1) is 0 Å². The number of benzene rings is 2. The minimum absolute atomic E-state index is 0.0761. The first-order valence-corrected chi connectivity index (χ1v) is 12.8. The standard InChI is InChI=1S/C27H30N10O3/c1-18-4-10-22(11-5-18)40-27(39)32-21-8-6-20(7-9-21)31-26-33-25(28)37(34-26)24-16-23(29-17-30-24)36-13-3-12-35(14-15-36)19(2)38/h4-11,16-17H,3,12-15H2,1-2H3,(H,32,39)(H3,28,31,33,34). The Bertz CT molecular complexity index is 1490. The Kier molecular flexibility index (Phi) is 7.71. The second-order valence-electron chi connectivity index (χ2n) is 9.32. The van der Waals surface area contributed by atoms with E-state index in [0.29, 0.717) is 36.0 Å². The van der Waals surface area contributed by atoms with E-state index < -0.39 is 6.09 Å². The van der Waals surface area contributed by atoms with Gasteiger partial charge >= 0.3 is 6.09 Å². The summed E-state index contributed by atoms with van der Waals surface area (Å²) >= 11 is 0. The van der Waals surface area contributed by atoms with Crippen LogP contribution in [0.1, 0.15) is 18.9 Å². The van der Waals surface area contributed by atoms with Crippen LogP contribution in [-0.4, -0.2) is 67.8 Å². The Labute approximate surface area is 231 Å². The van der Waals surface area contributed by atoms with E-state index >= 15 is 0 Å². The minimum Gasteiger partial charge on any atom is -0.410 e. The Balaban J connectivity index is 1.22. The maximum absolute atomic E-state index is 12.2. The van der Waals surface area contributed by atoms with Crippen LogP contribution in [0, 0.1) is 6.92 Å². The van der Waals surface area contributed by atoms with Gasteiger partial charge in [-0.2, -0.15) is 9.67 Å². The highest BCUT2D eigenvalue weighted by Gasteiger charge is 2.19. The number of nitrogen functional groups attached to an aromatic ring is 1. The summed E-state index contributed by atoms with van der Waals surface area (Å²) in [7, 11) is 0. The molecule has 2 aromatic heterocycles. The Morgan fingerprint density at radius 1 is 0.925 bits per heavy atom. The molecule has 5 rings (SSSR count). The van der Waals surface area contributed by atoms with Gasteiger partial charge in [0.25, 0.3) is 0 Å². The number of hydrogen-bond acceptors (Lipinski definition) is 10. The number of rotatable bonds is 6. The summed E-state index contributed by atoms with van der Waals surface area (Å²) in [6.07, 6.45) is 1.72. The highest BCUT2D eigenvalue weighted by molar-refractivity contribution is 5.86. The molecule has 13 heteroatoms. The van der Waals surface area contributed by atoms with Crippen LogP contribution >= 0.6 is 0 Å². The van der Waals surface area contributed by atoms with E-state index in [9.17, 15) is 9.59 Å². The number of aromatic nitrogens is 5. The molecule has 0 atom stereocenters. The minimum atomic E-state index is -0.585. The third kappa shape index (κ3) is 6.43. The first-order chi connectivity index (χ1) is 19.3. The maximum Gasteiger partial charge on any atom is 0.417 e. The van der Waals surface area contributed by atoms with Gasteiger partial charge < -0.3 is 25.6 Å². The molecule has 0 unspecified atom stereocenters. The van der Waals surface area contributed by atoms with Crippen molar-refractivity contribution >= 4 is 41.1 Å². The first kappa shape index (κ1) is 26.4. The summed E-state index contributed by atoms with van der Waals surface area (Å²) in [5.74, 6) is 2.17. The zero-order valence-electron chi connectivity index (χ0n) is 22.2. The van der Waals surface area contributed by atoms with E-state index in [1.807, 2.05) is 24.0 Å². The summed E-state index contributed by atoms with van der Waals surface area (Å²) < 4.78 is 6.73. The lowest BCUT2D eigenvalue weighted by Gasteiger charge is -2.22. The molecule has 3 heterocycles. The maximum atomic E-state index is 12.2. The number of anilines is 5. The normalized spacial score (nSPS) is 13.4. The average molecular weight is 543 g/mol. The lowest BCUT2D eigenvalue weighted by atomic mass is 10.2. The van der Waals surface area contributed by atoms with E-state index in [1.165, 1.54) is 11.0 Å². The molecule has 206 valence electrons. The van der Waals surface area contributed by atoms with E-state index in [2.05, 4.69) is 35.6 Å². The van der Waals surface area contributed by atoms with Gasteiger partial charge in [-0.25, -0.2) is 14.8 Å². The summed E-state index contributed by atoms with van der Waals surface area (Å²) in [5.41, 5.74) is 8.49. The van der Waals surface area contributed by atoms with Crippen LogP contribution < -0.4 is 26.0 Å². The van der Waals surface area contributed by atoms with Crippen molar-refractivity contribution in [3.8, 4) is 11.6 Å². The van der Waals surface area contributed by atoms with Gasteiger partial charge in [0, 0.05) is 50.5 Å². The number of aryl methyl sites for hydroxylation is 1. The third-order valence-corrected chi connectivity index (χ3v) is 6.37. The summed E-state index contributed by atoms with van der Waals surface area (Å²) in [6, 6.07) is 16.0. The molecule has 0 radical (unpaired) electrons. The van der Waals surface area contributed by atoms with Crippen molar-refractivity contribution in [1.82, 2.24) is 29.6 Å². The molecule has 2 amide bonds. The largest absolute Gasteiger partial charge is 0.417 e. The van der Waals surface area contributed by atoms with Crippen molar-refractivity contribution in [3.63, 3.8) is 0 Å². The molecule has 1 aliphatic rings. The quantitative estimate of drug-likeness (QED) is 0.330. The van der Waals surface area contributed by atoms with Gasteiger partial charge in [0.2, 0.25) is 17.8 Å². The summed E-state index contributed by atoms with van der Waals surface area (Å²) in [4.78, 5) is 40.9. The molecular weight excluding hydrogens is 512 g/mol. The molecule has 0 saturated carbocycles. The predicted octanol–water partition coefficient (Wildman–Crippen LogP) is 3.36. The number of nitrogens with one attached hydrogen (secondary N) is 2. The number of carbonyl (C=O) groups excluding carboxylic acids is 2. The Hall–Kier alpha value is -5.20. The zero-order chi connectivity index (χ0) is 28.1. The van der Waals surface area contributed by atoms with Crippen molar-refractivity contribution < 1.29 is 14.3 Å². The number of hydrogen-bond donors (Lipinski definition) is 3. The fourth-order valence-corrected chi connectivity index (χ4v) is 4.26. The molecule has 0 spiro atoms. The van der Waals surface area contributed by atoms with Crippen LogP contribution in [0.15, 0.2) is 60.9 Å². The van der Waals surface area contributed by atoms with Gasteiger partial charge in [0.1, 0.15) is 17.9 Å². The van der Waals surface area contributed by atoms with Gasteiger partial charge in [-0.05, 0) is 49.7 Å². The lowest BCUT2D eigenvalue weighted by Crippen LogP contribution is -2.33. The number of carbonyl (C=O) groups is 2. The molecule has 1 fully saturated rings. The van der Waals surface area contributed by atoms with E-state index in [0.717, 1.165) is 30.9 Å². The summed E-state index contributed by atoms with van der Waals surface area (Å²) in [6.45, 7) is 6.35. The molecule has 4 N–H and O–H groups in total. The van der Waals surface area contributed by atoms with Crippen LogP contribution in [0.3, 0.4) is 0 Å². The second kappa shape index (κ2) is 11.7. The van der Waals surface area contributed by atoms with E-state index in [4.69, 9.17) is 10.5 Å². The highest BCUT2D eigenvalue weighted by Crippen LogP contribution is 2.21. The number of ether oxygens (including phenoxy) is 1. The fraction of sp³-hybridized carbons (Fsp3) is 0.259. The monoisotopic (exact) mass is 542 g/mol. The first-order valence-electron chi connectivity index (χ1n) is 12.8. The molecule has 4 aromatic rings. The molecule has 0 bridgehead atoms. The van der Waals surface area contributed by atoms with Crippen molar-refractivity contribution in [3.05, 3.63) is 66.5 Å². The Morgan fingerprint density at radius 3 is 2.40 bits per heavy atom. The Morgan fingerprint density at radius 2 is 1.65 bits per heavy atom. The zero-order valence-corrected chi connectivity index (χ0v) is 22.2. The van der Waals surface area contributed by atoms with Crippen molar-refractivity contribution in [2.45, 2.75) is 20.3 Å². The van der Waals surface area contributed by atoms with Crippen molar-refractivity contribution in [2.75, 3.05) is 47.4 Å². The molecule has 2 aromatic carbocycles. The lowest BCUT2D eigenvalue weighted by molar-refractivity contribution is -0.128. The number of nitrogens with two attached hydrogens (primary N) is 1. The molecule has 1 aliphatic heterocycles. The molecule has 13 nitrogen and oxygen atoms in total. The molecule has 40 heavy (non-hydrogen) atoms. The third-order valence-electron chi connectivity index (χ3n) is 6.37. The fourth-order valence-electron chi connectivity index (χ4n) is 4.26. The average Bonchev–Trinajstić information content (AvgIpc) is 3.14. The SMILES string of the molecule is CC(=O)N1CCCN(c2cc(-n3nc(Nc4ccc(NC(=O)Oc5ccc(C)cc5)cc4)nc3N)ncn2)CC1. The highest BCUT2D eigenvalue weighted by atomic mass is 16.6. The van der Waals surface area contributed by atoms with Gasteiger partial charge in [-0.3, -0.25) is 10.1 Å². The van der Waals surface area contributed by atoms with Gasteiger partial charge in [0.15, 0.2) is 5.82 Å². The van der Waals surface area contributed by atoms with E-state index in [-0.39, 0.29) is 17.8 Å². The predicted molar refractivity (Wildman–Crippen MR) is 151 cm³/mol. The van der Waals surface area contributed by atoms with Crippen LogP contribution in [0.4, 0.5) is 33.9 Å². The van der Waals surface area contributed by atoms with Crippen LogP contribution in [0.2, 0.25) is 0 Å². The topological polar surface area (TPSA) is 156 Å². The van der Waals surface area contributed by atoms with Crippen LogP contribution in [-0.2, 0) is 4.79 Å². The van der Waals surface area contributed by atoms with Gasteiger partial charge in [-0.15, -0.1) is 5.10 Å². The smallest absolute Gasteiger partial charge is 0.410 e. The number of nitrogens with zero attached hydrogens (tertiary/aromatic N) is 7. The van der Waals surface area contributed by atoms with Crippen molar-refractivity contribution in [1.29, 1.82) is 0 Å². The molecule has 1 saturated heterocycles. The molecular formula is C27H30N10O3. The van der Waals surface area contributed by atoms with Crippen LogP contribution in [0.5, 0.6) is 5.75 Å². The van der Waals surface area contributed by atoms with Crippen molar-refractivity contribution in [2.24, 2.45) is 0 Å². The van der Waals surface area contributed by atoms with Gasteiger partial charge in [-0.1, -0.05) is 17.7 Å². The van der Waals surface area contributed by atoms with E-state index in [1.54, 1.807) is 49.4 Å². The summed E-state index contributed by atoms with van der Waals surface area (Å²) in [5, 5.41) is 10.3. The molecule has 0 aliphatic carbocycles.